The van der Waals surface area contributed by atoms with Crippen molar-refractivity contribution in [2.75, 3.05) is 0 Å². The lowest BCUT2D eigenvalue weighted by Crippen LogP contribution is -1.91. The summed E-state index contributed by atoms with van der Waals surface area (Å²) in [4.78, 5) is 0. The molecule has 2 heteroatoms. The van der Waals surface area contributed by atoms with E-state index < -0.39 is 0 Å². The zero-order valence-corrected chi connectivity index (χ0v) is 4.57. The predicted molar refractivity (Wildman–Crippen MR) is 30.2 cm³/mol. The summed E-state index contributed by atoms with van der Waals surface area (Å²) >= 11 is 3.84. The zero-order valence-electron chi connectivity index (χ0n) is 3.68. The summed E-state index contributed by atoms with van der Waals surface area (Å²) < 4.78 is 0. The lowest BCUT2D eigenvalue weighted by Gasteiger charge is -1.95. The van der Waals surface area contributed by atoms with Crippen molar-refractivity contribution >= 4 is 12.6 Å². The van der Waals surface area contributed by atoms with Gasteiger partial charge in [-0.2, -0.15) is 12.6 Å². The van der Waals surface area contributed by atoms with Crippen LogP contribution in [0.4, 0.5) is 0 Å². The Morgan fingerprint density at radius 1 is 2.00 bits per heavy atom. The third kappa shape index (κ3) is 2.15. The highest BCUT2D eigenvalue weighted by Gasteiger charge is 1.92. The second-order valence-corrected chi connectivity index (χ2v) is 1.94. The lowest BCUT2D eigenvalue weighted by atomic mass is 10.4. The van der Waals surface area contributed by atoms with Crippen LogP contribution in [-0.2, 0) is 0 Å². The highest BCUT2D eigenvalue weighted by molar-refractivity contribution is 7.81. The average molecular weight is 104 g/mol. The van der Waals surface area contributed by atoms with Crippen LogP contribution < -0.4 is 0 Å². The second-order valence-electron chi connectivity index (χ2n) is 1.17. The van der Waals surface area contributed by atoms with Crippen LogP contribution in [0.15, 0.2) is 12.3 Å². The molecule has 0 rings (SSSR count). The minimum Gasteiger partial charge on any atom is -0.512 e. The lowest BCUT2D eigenvalue weighted by molar-refractivity contribution is 0.402. The van der Waals surface area contributed by atoms with E-state index in [0.29, 0.717) is 0 Å². The Morgan fingerprint density at radius 2 is 2.17 bits per heavy atom. The molecule has 0 aromatic rings. The van der Waals surface area contributed by atoms with E-state index in [0.717, 1.165) is 0 Å². The molecule has 0 aromatic carbocycles. The molecule has 0 saturated carbocycles. The Hall–Kier alpha value is -0.110. The average Bonchev–Trinajstić information content (AvgIpc) is 1.36. The van der Waals surface area contributed by atoms with Crippen LogP contribution in [0.25, 0.3) is 0 Å². The predicted octanol–water partition coefficient (Wildman–Crippen LogP) is 1.38. The van der Waals surface area contributed by atoms with E-state index in [1.165, 1.54) is 0 Å². The summed E-state index contributed by atoms with van der Waals surface area (Å²) in [5, 5.41) is 8.27. The van der Waals surface area contributed by atoms with Gasteiger partial charge in [0.2, 0.25) is 0 Å². The Morgan fingerprint density at radius 3 is 2.17 bits per heavy atom. The maximum atomic E-state index is 8.36. The molecule has 1 N–H and O–H groups in total. The van der Waals surface area contributed by atoms with Crippen molar-refractivity contribution in [1.29, 1.82) is 0 Å². The second kappa shape index (κ2) is 2.13. The van der Waals surface area contributed by atoms with Crippen molar-refractivity contribution in [3.05, 3.63) is 12.3 Å². The van der Waals surface area contributed by atoms with Gasteiger partial charge in [-0.15, -0.1) is 0 Å². The van der Waals surface area contributed by atoms with Crippen molar-refractivity contribution < 1.29 is 5.11 Å². The summed E-state index contributed by atoms with van der Waals surface area (Å²) in [5.74, 6) is 0.123. The first kappa shape index (κ1) is 5.89. The van der Waals surface area contributed by atoms with Gasteiger partial charge in [0.05, 0.1) is 11.0 Å². The van der Waals surface area contributed by atoms with Crippen molar-refractivity contribution in [3.8, 4) is 0 Å². The molecule has 6 heavy (non-hydrogen) atoms. The van der Waals surface area contributed by atoms with Gasteiger partial charge in [0.25, 0.3) is 0 Å². The van der Waals surface area contributed by atoms with Gasteiger partial charge >= 0.3 is 0 Å². The van der Waals surface area contributed by atoms with Gasteiger partial charge < -0.3 is 5.11 Å². The molecular formula is C4H8OS. The highest BCUT2D eigenvalue weighted by Crippen LogP contribution is 1.99. The first-order valence-corrected chi connectivity index (χ1v) is 2.22. The number of thiol groups is 1. The summed E-state index contributed by atoms with van der Waals surface area (Å²) in [6.45, 7) is 4.99. The van der Waals surface area contributed by atoms with Crippen LogP contribution >= 0.6 is 12.6 Å². The molecule has 36 valence electrons. The maximum Gasteiger partial charge on any atom is 0.0975 e. The number of aliphatic hydroxyl groups is 1. The minimum absolute atomic E-state index is 0.0926. The highest BCUT2D eigenvalue weighted by atomic mass is 32.1. The van der Waals surface area contributed by atoms with Crippen molar-refractivity contribution in [3.63, 3.8) is 0 Å². The summed E-state index contributed by atoms with van der Waals surface area (Å²) in [7, 11) is 0. The van der Waals surface area contributed by atoms with E-state index in [1.54, 1.807) is 6.92 Å². The van der Waals surface area contributed by atoms with Gasteiger partial charge in [-0.3, -0.25) is 0 Å². The molecule has 0 aliphatic rings. The fourth-order valence-corrected chi connectivity index (χ4v) is 0. The number of hydrogen-bond acceptors (Lipinski definition) is 2. The van der Waals surface area contributed by atoms with Crippen molar-refractivity contribution in [2.45, 2.75) is 12.2 Å². The molecule has 1 nitrogen and oxygen atoms in total. The maximum absolute atomic E-state index is 8.36. The molecule has 0 aliphatic carbocycles. The topological polar surface area (TPSA) is 20.2 Å². The monoisotopic (exact) mass is 104 g/mol. The van der Waals surface area contributed by atoms with Crippen LogP contribution in [-0.4, -0.2) is 10.4 Å². The van der Waals surface area contributed by atoms with E-state index in [4.69, 9.17) is 5.11 Å². The molecule has 0 fully saturated rings. The smallest absolute Gasteiger partial charge is 0.0975 e. The molecule has 0 aromatic heterocycles. The van der Waals surface area contributed by atoms with Gasteiger partial charge in [-0.05, 0) is 6.92 Å². The molecule has 1 atom stereocenters. The van der Waals surface area contributed by atoms with Crippen LogP contribution in [0.1, 0.15) is 6.92 Å². The Labute approximate surface area is 43.1 Å². The van der Waals surface area contributed by atoms with Gasteiger partial charge in [-0.1, -0.05) is 6.58 Å². The number of rotatable bonds is 1. The molecule has 0 bridgehead atoms. The SMILES string of the molecule is C=C(O)[C@H](C)S. The van der Waals surface area contributed by atoms with E-state index in [-0.39, 0.29) is 11.0 Å². The summed E-state index contributed by atoms with van der Waals surface area (Å²) in [5.41, 5.74) is 0. The van der Waals surface area contributed by atoms with E-state index >= 15 is 0 Å². The number of aliphatic hydroxyl groups excluding tert-OH is 1. The largest absolute Gasteiger partial charge is 0.512 e. The van der Waals surface area contributed by atoms with E-state index in [9.17, 15) is 0 Å². The Bertz CT molecular complexity index is 58.6. The fourth-order valence-electron chi connectivity index (χ4n) is 0. The standard InChI is InChI=1S/C4H8OS/c1-3(5)4(2)6/h4-6H,1H2,2H3/t4-/m0/s1. The van der Waals surface area contributed by atoms with Gasteiger partial charge in [0.15, 0.2) is 0 Å². The Balaban J connectivity index is 3.26. The molecule has 0 spiro atoms. The fraction of sp³-hybridized carbons (Fsp3) is 0.500. The van der Waals surface area contributed by atoms with Crippen molar-refractivity contribution in [2.24, 2.45) is 0 Å². The molecular weight excluding hydrogens is 96.1 g/mol. The third-order valence-corrected chi connectivity index (χ3v) is 0.780. The quantitative estimate of drug-likeness (QED) is 0.380. The number of hydrogen-bond donors (Lipinski definition) is 2. The first-order valence-electron chi connectivity index (χ1n) is 1.70. The van der Waals surface area contributed by atoms with Crippen molar-refractivity contribution in [1.82, 2.24) is 0 Å². The normalized spacial score (nSPS) is 13.7. The summed E-state index contributed by atoms with van der Waals surface area (Å²) in [6.07, 6.45) is 0. The van der Waals surface area contributed by atoms with Crippen LogP contribution in [0.2, 0.25) is 0 Å². The van der Waals surface area contributed by atoms with Gasteiger partial charge in [-0.25, -0.2) is 0 Å². The van der Waals surface area contributed by atoms with Crippen LogP contribution in [0, 0.1) is 0 Å². The van der Waals surface area contributed by atoms with E-state index in [1.807, 2.05) is 0 Å². The molecule has 0 heterocycles. The molecule has 0 radical (unpaired) electrons. The molecule has 0 saturated heterocycles. The van der Waals surface area contributed by atoms with Crippen LogP contribution in [0.5, 0.6) is 0 Å². The third-order valence-electron chi connectivity index (χ3n) is 0.482. The molecule has 0 unspecified atom stereocenters. The van der Waals surface area contributed by atoms with Crippen LogP contribution in [0.3, 0.4) is 0 Å². The first-order chi connectivity index (χ1) is 2.64. The minimum atomic E-state index is -0.0926. The molecule has 0 aliphatic heterocycles. The Kier molecular flexibility index (Phi) is 2.09. The molecule has 0 amide bonds. The van der Waals surface area contributed by atoms with Gasteiger partial charge in [0.1, 0.15) is 0 Å². The summed E-state index contributed by atoms with van der Waals surface area (Å²) in [6, 6.07) is 0. The van der Waals surface area contributed by atoms with E-state index in [2.05, 4.69) is 19.2 Å². The van der Waals surface area contributed by atoms with Gasteiger partial charge in [0, 0.05) is 0 Å². The zero-order chi connectivity index (χ0) is 5.15.